The number of anilines is 1. The van der Waals surface area contributed by atoms with Crippen molar-refractivity contribution in [1.29, 1.82) is 0 Å². The molecule has 0 saturated heterocycles. The second kappa shape index (κ2) is 4.66. The molecule has 16 heavy (non-hydrogen) atoms. The molecule has 1 heterocycles. The van der Waals surface area contributed by atoms with Gasteiger partial charge in [0.25, 0.3) is 0 Å². The number of nitrogens with one attached hydrogen (secondary N) is 1. The van der Waals surface area contributed by atoms with Crippen molar-refractivity contribution in [1.82, 2.24) is 4.98 Å². The van der Waals surface area contributed by atoms with Crippen LogP contribution in [0.3, 0.4) is 0 Å². The van der Waals surface area contributed by atoms with Gasteiger partial charge in [-0.3, -0.25) is 4.98 Å². The Morgan fingerprint density at radius 3 is 2.50 bits per heavy atom. The largest absolute Gasteiger partial charge is 0.497 e. The van der Waals surface area contributed by atoms with E-state index in [4.69, 9.17) is 4.74 Å². The van der Waals surface area contributed by atoms with Crippen molar-refractivity contribution in [3.8, 4) is 17.0 Å². The number of hydrogen-bond acceptors (Lipinski definition) is 3. The Morgan fingerprint density at radius 2 is 1.88 bits per heavy atom. The van der Waals surface area contributed by atoms with Crippen LogP contribution in [0, 0.1) is 0 Å². The van der Waals surface area contributed by atoms with Crippen LogP contribution < -0.4 is 10.1 Å². The zero-order chi connectivity index (χ0) is 11.4. The van der Waals surface area contributed by atoms with E-state index in [1.807, 2.05) is 43.4 Å². The average Bonchev–Trinajstić information content (AvgIpc) is 2.39. The summed E-state index contributed by atoms with van der Waals surface area (Å²) in [6.45, 7) is 0. The number of hydrogen-bond donors (Lipinski definition) is 1. The highest BCUT2D eigenvalue weighted by Crippen LogP contribution is 2.22. The molecule has 0 aliphatic heterocycles. The Kier molecular flexibility index (Phi) is 3.05. The molecule has 0 aliphatic carbocycles. The summed E-state index contributed by atoms with van der Waals surface area (Å²) in [5.74, 6) is 0.855. The fraction of sp³-hybridized carbons (Fsp3) is 0.154. The third kappa shape index (κ3) is 2.14. The van der Waals surface area contributed by atoms with Crippen LogP contribution in [0.25, 0.3) is 11.3 Å². The molecule has 0 fully saturated rings. The SMILES string of the molecule is CNc1ccnc(-c2ccc(OC)cc2)c1. The summed E-state index contributed by atoms with van der Waals surface area (Å²) >= 11 is 0. The number of methoxy groups -OCH3 is 1. The van der Waals surface area contributed by atoms with E-state index in [2.05, 4.69) is 10.3 Å². The van der Waals surface area contributed by atoms with E-state index in [0.717, 1.165) is 22.7 Å². The normalized spacial score (nSPS) is 9.88. The van der Waals surface area contributed by atoms with Crippen molar-refractivity contribution in [2.24, 2.45) is 0 Å². The second-order valence-electron chi connectivity index (χ2n) is 3.41. The molecule has 2 rings (SSSR count). The van der Waals surface area contributed by atoms with Gasteiger partial charge in [0.1, 0.15) is 5.75 Å². The number of rotatable bonds is 3. The number of ether oxygens (including phenoxy) is 1. The van der Waals surface area contributed by atoms with Gasteiger partial charge >= 0.3 is 0 Å². The Labute approximate surface area is 95.1 Å². The van der Waals surface area contributed by atoms with E-state index >= 15 is 0 Å². The monoisotopic (exact) mass is 214 g/mol. The van der Waals surface area contributed by atoms with Crippen LogP contribution in [0.1, 0.15) is 0 Å². The van der Waals surface area contributed by atoms with Gasteiger partial charge in [-0.1, -0.05) is 0 Å². The molecule has 0 unspecified atom stereocenters. The minimum Gasteiger partial charge on any atom is -0.497 e. The maximum atomic E-state index is 5.12. The molecule has 3 heteroatoms. The molecular weight excluding hydrogens is 200 g/mol. The molecule has 0 bridgehead atoms. The van der Waals surface area contributed by atoms with Gasteiger partial charge < -0.3 is 10.1 Å². The molecule has 82 valence electrons. The lowest BCUT2D eigenvalue weighted by molar-refractivity contribution is 0.415. The number of aromatic nitrogens is 1. The lowest BCUT2D eigenvalue weighted by Gasteiger charge is -2.05. The van der Waals surface area contributed by atoms with Gasteiger partial charge in [0.15, 0.2) is 0 Å². The predicted molar refractivity (Wildman–Crippen MR) is 65.8 cm³/mol. The molecule has 0 atom stereocenters. The van der Waals surface area contributed by atoms with Crippen molar-refractivity contribution in [2.45, 2.75) is 0 Å². The van der Waals surface area contributed by atoms with E-state index in [9.17, 15) is 0 Å². The van der Waals surface area contributed by atoms with Crippen molar-refractivity contribution in [3.05, 3.63) is 42.6 Å². The molecule has 2 aromatic rings. The van der Waals surface area contributed by atoms with Gasteiger partial charge in [-0.25, -0.2) is 0 Å². The van der Waals surface area contributed by atoms with Gasteiger partial charge in [-0.15, -0.1) is 0 Å². The van der Waals surface area contributed by atoms with Crippen LogP contribution in [0.4, 0.5) is 5.69 Å². The van der Waals surface area contributed by atoms with Crippen LogP contribution in [0.2, 0.25) is 0 Å². The number of benzene rings is 1. The highest BCUT2D eigenvalue weighted by molar-refractivity contribution is 5.64. The summed E-state index contributed by atoms with van der Waals surface area (Å²) in [4.78, 5) is 4.33. The molecule has 1 aromatic heterocycles. The van der Waals surface area contributed by atoms with E-state index < -0.39 is 0 Å². The second-order valence-corrected chi connectivity index (χ2v) is 3.41. The minimum absolute atomic E-state index is 0.855. The van der Waals surface area contributed by atoms with Crippen molar-refractivity contribution < 1.29 is 4.74 Å². The molecule has 1 N–H and O–H groups in total. The predicted octanol–water partition coefficient (Wildman–Crippen LogP) is 2.80. The molecule has 0 saturated carbocycles. The smallest absolute Gasteiger partial charge is 0.118 e. The Balaban J connectivity index is 2.34. The third-order valence-electron chi connectivity index (χ3n) is 2.43. The van der Waals surface area contributed by atoms with E-state index in [1.165, 1.54) is 0 Å². The zero-order valence-electron chi connectivity index (χ0n) is 9.40. The maximum Gasteiger partial charge on any atom is 0.118 e. The topological polar surface area (TPSA) is 34.2 Å². The number of pyridine rings is 1. The molecular formula is C13H14N2O. The van der Waals surface area contributed by atoms with Gasteiger partial charge in [0, 0.05) is 24.5 Å². The zero-order valence-corrected chi connectivity index (χ0v) is 9.40. The fourth-order valence-corrected chi connectivity index (χ4v) is 1.51. The van der Waals surface area contributed by atoms with Crippen molar-refractivity contribution in [2.75, 3.05) is 19.5 Å². The molecule has 0 amide bonds. The Bertz CT molecular complexity index is 466. The first-order valence-electron chi connectivity index (χ1n) is 5.11. The van der Waals surface area contributed by atoms with Gasteiger partial charge in [0.2, 0.25) is 0 Å². The van der Waals surface area contributed by atoms with Crippen molar-refractivity contribution in [3.63, 3.8) is 0 Å². The first kappa shape index (κ1) is 10.5. The van der Waals surface area contributed by atoms with Crippen molar-refractivity contribution >= 4 is 5.69 Å². The summed E-state index contributed by atoms with van der Waals surface area (Å²) in [5, 5.41) is 3.09. The molecule has 0 spiro atoms. The maximum absolute atomic E-state index is 5.12. The van der Waals surface area contributed by atoms with E-state index in [0.29, 0.717) is 0 Å². The molecule has 3 nitrogen and oxygen atoms in total. The van der Waals surface area contributed by atoms with Gasteiger partial charge in [-0.2, -0.15) is 0 Å². The minimum atomic E-state index is 0.855. The highest BCUT2D eigenvalue weighted by Gasteiger charge is 2.00. The molecule has 0 aliphatic rings. The summed E-state index contributed by atoms with van der Waals surface area (Å²) in [6.07, 6.45) is 1.80. The van der Waals surface area contributed by atoms with Crippen LogP contribution >= 0.6 is 0 Å². The number of nitrogens with zero attached hydrogens (tertiary/aromatic N) is 1. The Morgan fingerprint density at radius 1 is 1.12 bits per heavy atom. The van der Waals surface area contributed by atoms with E-state index in [-0.39, 0.29) is 0 Å². The van der Waals surface area contributed by atoms with Crippen LogP contribution in [0.15, 0.2) is 42.6 Å². The fourth-order valence-electron chi connectivity index (χ4n) is 1.51. The third-order valence-corrected chi connectivity index (χ3v) is 2.43. The molecule has 0 radical (unpaired) electrons. The van der Waals surface area contributed by atoms with Gasteiger partial charge in [0.05, 0.1) is 12.8 Å². The van der Waals surface area contributed by atoms with Crippen LogP contribution in [-0.4, -0.2) is 19.1 Å². The summed E-state index contributed by atoms with van der Waals surface area (Å²) in [7, 11) is 3.56. The first-order valence-corrected chi connectivity index (χ1v) is 5.11. The quantitative estimate of drug-likeness (QED) is 0.853. The summed E-state index contributed by atoms with van der Waals surface area (Å²) in [6, 6.07) is 11.8. The first-order chi connectivity index (χ1) is 7.83. The van der Waals surface area contributed by atoms with E-state index in [1.54, 1.807) is 13.3 Å². The molecule has 1 aromatic carbocycles. The average molecular weight is 214 g/mol. The van der Waals surface area contributed by atoms with Crippen LogP contribution in [0.5, 0.6) is 5.75 Å². The lowest BCUT2D eigenvalue weighted by atomic mass is 10.1. The summed E-state index contributed by atoms with van der Waals surface area (Å²) in [5.41, 5.74) is 3.09. The van der Waals surface area contributed by atoms with Crippen LogP contribution in [-0.2, 0) is 0 Å². The summed E-state index contributed by atoms with van der Waals surface area (Å²) < 4.78 is 5.12. The van der Waals surface area contributed by atoms with Gasteiger partial charge in [-0.05, 0) is 36.4 Å². The lowest BCUT2D eigenvalue weighted by Crippen LogP contribution is -1.90. The Hall–Kier alpha value is -2.03. The highest BCUT2D eigenvalue weighted by atomic mass is 16.5. The standard InChI is InChI=1S/C13H14N2O/c1-14-11-7-8-15-13(9-11)10-3-5-12(16-2)6-4-10/h3-9H,1-2H3,(H,14,15).